The van der Waals surface area contributed by atoms with Gasteiger partial charge in [0.25, 0.3) is 0 Å². The number of rotatable bonds is 9. The summed E-state index contributed by atoms with van der Waals surface area (Å²) in [5.74, 6) is 0. The summed E-state index contributed by atoms with van der Waals surface area (Å²) in [4.78, 5) is 3.79. The van der Waals surface area contributed by atoms with Crippen LogP contribution in [0.5, 0.6) is 0 Å². The molecular formula is C14H25ClN2S. The molecule has 0 radical (unpaired) electrons. The zero-order valence-corrected chi connectivity index (χ0v) is 13.3. The molecule has 0 saturated carbocycles. The monoisotopic (exact) mass is 288 g/mol. The predicted molar refractivity (Wildman–Crippen MR) is 82.7 cm³/mol. The lowest BCUT2D eigenvalue weighted by Gasteiger charge is -2.19. The van der Waals surface area contributed by atoms with Crippen molar-refractivity contribution >= 4 is 22.9 Å². The van der Waals surface area contributed by atoms with Crippen molar-refractivity contribution < 1.29 is 0 Å². The highest BCUT2D eigenvalue weighted by atomic mass is 35.5. The first kappa shape index (κ1) is 16.0. The van der Waals surface area contributed by atoms with E-state index >= 15 is 0 Å². The fraction of sp³-hybridized carbons (Fsp3) is 0.714. The van der Waals surface area contributed by atoms with Crippen molar-refractivity contribution in [3.63, 3.8) is 0 Å². The highest BCUT2D eigenvalue weighted by Crippen LogP contribution is 2.18. The summed E-state index contributed by atoms with van der Waals surface area (Å²) in [7, 11) is 0. The van der Waals surface area contributed by atoms with Gasteiger partial charge in [-0.15, -0.1) is 11.3 Å². The fourth-order valence-electron chi connectivity index (χ4n) is 1.98. The largest absolute Gasteiger partial charge is 0.309 e. The van der Waals surface area contributed by atoms with Crippen LogP contribution >= 0.6 is 22.9 Å². The van der Waals surface area contributed by atoms with Gasteiger partial charge in [-0.05, 0) is 45.5 Å². The van der Waals surface area contributed by atoms with Crippen LogP contribution in [0.1, 0.15) is 38.5 Å². The summed E-state index contributed by atoms with van der Waals surface area (Å²) >= 11 is 7.63. The van der Waals surface area contributed by atoms with Crippen LogP contribution in [0.3, 0.4) is 0 Å². The van der Waals surface area contributed by atoms with E-state index in [0.717, 1.165) is 24.7 Å². The molecule has 0 aliphatic carbocycles. The molecule has 1 N–H and O–H groups in total. The predicted octanol–water partition coefficient (Wildman–Crippen LogP) is 4.00. The smallest absolute Gasteiger partial charge is 0.0516 e. The van der Waals surface area contributed by atoms with Gasteiger partial charge in [0.15, 0.2) is 0 Å². The second-order valence-corrected chi connectivity index (χ2v) is 6.11. The van der Waals surface area contributed by atoms with Gasteiger partial charge in [0.1, 0.15) is 0 Å². The molecular weight excluding hydrogens is 264 g/mol. The Kier molecular flexibility index (Phi) is 7.91. The van der Waals surface area contributed by atoms with Gasteiger partial charge >= 0.3 is 0 Å². The van der Waals surface area contributed by atoms with E-state index in [2.05, 4.69) is 31.0 Å². The lowest BCUT2D eigenvalue weighted by molar-refractivity contribution is 0.290. The van der Waals surface area contributed by atoms with Crippen LogP contribution in [0, 0.1) is 0 Å². The summed E-state index contributed by atoms with van der Waals surface area (Å²) in [5, 5.41) is 6.40. The minimum absolute atomic E-state index is 0.571. The number of halogens is 1. The van der Waals surface area contributed by atoms with Gasteiger partial charge in [-0.1, -0.05) is 25.4 Å². The maximum absolute atomic E-state index is 5.90. The highest BCUT2D eigenvalue weighted by molar-refractivity contribution is 7.10. The topological polar surface area (TPSA) is 15.3 Å². The normalized spacial score (nSPS) is 13.2. The first-order valence-corrected chi connectivity index (χ1v) is 8.10. The number of hydrogen-bond acceptors (Lipinski definition) is 3. The van der Waals surface area contributed by atoms with E-state index in [1.54, 1.807) is 11.3 Å². The van der Waals surface area contributed by atoms with Crippen molar-refractivity contribution in [3.8, 4) is 0 Å². The second-order valence-electron chi connectivity index (χ2n) is 4.68. The van der Waals surface area contributed by atoms with Gasteiger partial charge in [-0.3, -0.25) is 0 Å². The van der Waals surface area contributed by atoms with Crippen LogP contribution in [0.25, 0.3) is 0 Å². The van der Waals surface area contributed by atoms with E-state index in [0.29, 0.717) is 6.04 Å². The van der Waals surface area contributed by atoms with Crippen LogP contribution in [-0.2, 0) is 6.54 Å². The van der Waals surface area contributed by atoms with Gasteiger partial charge in [-0.2, -0.15) is 0 Å². The Morgan fingerprint density at radius 3 is 2.67 bits per heavy atom. The second kappa shape index (κ2) is 8.92. The Balaban J connectivity index is 2.12. The molecule has 1 unspecified atom stereocenters. The van der Waals surface area contributed by atoms with Crippen LogP contribution in [0.2, 0.25) is 5.02 Å². The van der Waals surface area contributed by atoms with Crippen molar-refractivity contribution in [1.29, 1.82) is 0 Å². The Labute approximate surface area is 120 Å². The Hall–Kier alpha value is -0.0900. The summed E-state index contributed by atoms with van der Waals surface area (Å²) in [6, 6.07) is 2.61. The van der Waals surface area contributed by atoms with Crippen LogP contribution < -0.4 is 5.32 Å². The number of nitrogens with zero attached hydrogens (tertiary/aromatic N) is 1. The van der Waals surface area contributed by atoms with Crippen molar-refractivity contribution in [2.45, 2.75) is 46.2 Å². The quantitative estimate of drug-likeness (QED) is 0.739. The van der Waals surface area contributed by atoms with E-state index in [9.17, 15) is 0 Å². The van der Waals surface area contributed by atoms with Crippen LogP contribution in [0.4, 0.5) is 0 Å². The third kappa shape index (κ3) is 6.19. The molecule has 1 aromatic rings. The minimum Gasteiger partial charge on any atom is -0.309 e. The van der Waals surface area contributed by atoms with Crippen LogP contribution in [-0.4, -0.2) is 30.6 Å². The van der Waals surface area contributed by atoms with Gasteiger partial charge in [0.05, 0.1) is 5.02 Å². The van der Waals surface area contributed by atoms with Gasteiger partial charge in [-0.25, -0.2) is 0 Å². The van der Waals surface area contributed by atoms with E-state index < -0.39 is 0 Å². The molecule has 1 rings (SSSR count). The zero-order chi connectivity index (χ0) is 13.4. The van der Waals surface area contributed by atoms with Crippen LogP contribution in [0.15, 0.2) is 11.4 Å². The molecule has 4 heteroatoms. The molecule has 1 heterocycles. The standard InChI is InChI=1S/C14H25ClN2S/c1-4-17(5-2)8-6-7-12(3)16-10-14-9-13(15)11-18-14/h9,11-12,16H,4-8,10H2,1-3H3. The fourth-order valence-corrected chi connectivity index (χ4v) is 3.01. The molecule has 0 saturated heterocycles. The molecule has 0 amide bonds. The molecule has 0 bridgehead atoms. The number of hydrogen-bond donors (Lipinski definition) is 1. The zero-order valence-electron chi connectivity index (χ0n) is 11.7. The maximum atomic E-state index is 5.90. The molecule has 2 nitrogen and oxygen atoms in total. The third-order valence-electron chi connectivity index (χ3n) is 3.25. The first-order chi connectivity index (χ1) is 8.65. The number of thiophene rings is 1. The molecule has 0 fully saturated rings. The molecule has 1 atom stereocenters. The van der Waals surface area contributed by atoms with Crippen molar-refractivity contribution in [2.75, 3.05) is 19.6 Å². The summed E-state index contributed by atoms with van der Waals surface area (Å²) < 4.78 is 0. The van der Waals surface area contributed by atoms with E-state index in [1.165, 1.54) is 24.3 Å². The molecule has 104 valence electrons. The lowest BCUT2D eigenvalue weighted by atomic mass is 10.1. The third-order valence-corrected chi connectivity index (χ3v) is 4.54. The molecule has 0 spiro atoms. The first-order valence-electron chi connectivity index (χ1n) is 6.84. The summed E-state index contributed by atoms with van der Waals surface area (Å²) in [6.07, 6.45) is 2.50. The minimum atomic E-state index is 0.571. The van der Waals surface area contributed by atoms with Gasteiger partial charge in [0.2, 0.25) is 0 Å². The van der Waals surface area contributed by atoms with Gasteiger partial charge < -0.3 is 10.2 Å². The Morgan fingerprint density at radius 1 is 1.39 bits per heavy atom. The molecule has 0 aliphatic heterocycles. The van der Waals surface area contributed by atoms with E-state index in [1.807, 2.05) is 11.4 Å². The molecule has 18 heavy (non-hydrogen) atoms. The average Bonchev–Trinajstić information content (AvgIpc) is 2.78. The molecule has 0 aromatic carbocycles. The highest BCUT2D eigenvalue weighted by Gasteiger charge is 2.05. The van der Waals surface area contributed by atoms with E-state index in [4.69, 9.17) is 11.6 Å². The van der Waals surface area contributed by atoms with Crippen molar-refractivity contribution in [1.82, 2.24) is 10.2 Å². The van der Waals surface area contributed by atoms with Crippen molar-refractivity contribution in [2.24, 2.45) is 0 Å². The molecule has 0 aliphatic rings. The average molecular weight is 289 g/mol. The van der Waals surface area contributed by atoms with Crippen molar-refractivity contribution in [3.05, 3.63) is 21.3 Å². The summed E-state index contributed by atoms with van der Waals surface area (Å²) in [6.45, 7) is 11.2. The molecule has 1 aromatic heterocycles. The summed E-state index contributed by atoms with van der Waals surface area (Å²) in [5.41, 5.74) is 0. The Bertz CT molecular complexity index is 323. The van der Waals surface area contributed by atoms with E-state index in [-0.39, 0.29) is 0 Å². The number of nitrogens with one attached hydrogen (secondary N) is 1. The Morgan fingerprint density at radius 2 is 2.11 bits per heavy atom. The maximum Gasteiger partial charge on any atom is 0.0516 e. The SMILES string of the molecule is CCN(CC)CCCC(C)NCc1cc(Cl)cs1. The van der Waals surface area contributed by atoms with Gasteiger partial charge in [0, 0.05) is 22.8 Å². The lowest BCUT2D eigenvalue weighted by Crippen LogP contribution is -2.28.